The summed E-state index contributed by atoms with van der Waals surface area (Å²) >= 11 is 0. The molecule has 0 unspecified atom stereocenters. The monoisotopic (exact) mass is 160 g/mol. The van der Waals surface area contributed by atoms with Gasteiger partial charge in [0.2, 0.25) is 0 Å². The minimum atomic E-state index is 1.11. The summed E-state index contributed by atoms with van der Waals surface area (Å²) < 4.78 is 0. The summed E-state index contributed by atoms with van der Waals surface area (Å²) in [5.41, 5.74) is 3.91. The SMILES string of the molecule is C=C1CCC=C/C1=C(C)/C=C\C. The molecule has 0 nitrogen and oxygen atoms in total. The molecule has 0 aromatic heterocycles. The third-order valence-corrected chi connectivity index (χ3v) is 2.12. The van der Waals surface area contributed by atoms with Crippen molar-refractivity contribution in [3.05, 3.63) is 47.6 Å². The topological polar surface area (TPSA) is 0 Å². The van der Waals surface area contributed by atoms with E-state index in [4.69, 9.17) is 0 Å². The molecule has 0 fully saturated rings. The molecule has 0 amide bonds. The van der Waals surface area contributed by atoms with Crippen LogP contribution in [0.25, 0.3) is 0 Å². The summed E-state index contributed by atoms with van der Waals surface area (Å²) in [6.45, 7) is 8.23. The van der Waals surface area contributed by atoms with E-state index in [1.54, 1.807) is 0 Å². The van der Waals surface area contributed by atoms with Crippen molar-refractivity contribution < 1.29 is 0 Å². The van der Waals surface area contributed by atoms with Crippen molar-refractivity contribution in [3.8, 4) is 0 Å². The van der Waals surface area contributed by atoms with Gasteiger partial charge in [-0.25, -0.2) is 0 Å². The van der Waals surface area contributed by atoms with Crippen LogP contribution in [0, 0.1) is 0 Å². The Balaban J connectivity index is 2.97. The summed E-state index contributed by atoms with van der Waals surface area (Å²) in [6, 6.07) is 0. The molecule has 0 saturated carbocycles. The van der Waals surface area contributed by atoms with Gasteiger partial charge in [0.1, 0.15) is 0 Å². The van der Waals surface area contributed by atoms with Gasteiger partial charge in [-0.1, -0.05) is 30.9 Å². The van der Waals surface area contributed by atoms with Crippen LogP contribution in [0.5, 0.6) is 0 Å². The Kier molecular flexibility index (Phi) is 3.09. The van der Waals surface area contributed by atoms with Gasteiger partial charge in [0.15, 0.2) is 0 Å². The molecule has 0 heteroatoms. The van der Waals surface area contributed by atoms with Crippen molar-refractivity contribution in [2.45, 2.75) is 26.7 Å². The summed E-state index contributed by atoms with van der Waals surface area (Å²) in [7, 11) is 0. The molecular weight excluding hydrogens is 144 g/mol. The molecule has 0 heterocycles. The number of hydrogen-bond acceptors (Lipinski definition) is 0. The van der Waals surface area contributed by atoms with Crippen LogP contribution in [0.15, 0.2) is 47.6 Å². The fourth-order valence-electron chi connectivity index (χ4n) is 1.46. The summed E-state index contributed by atoms with van der Waals surface area (Å²) in [5.74, 6) is 0. The minimum Gasteiger partial charge on any atom is -0.0952 e. The second kappa shape index (κ2) is 4.10. The third kappa shape index (κ3) is 1.97. The van der Waals surface area contributed by atoms with Gasteiger partial charge < -0.3 is 0 Å². The van der Waals surface area contributed by atoms with Crippen molar-refractivity contribution >= 4 is 0 Å². The molecule has 0 saturated heterocycles. The molecule has 1 aliphatic rings. The predicted octanol–water partition coefficient (Wildman–Crippen LogP) is 3.79. The molecule has 12 heavy (non-hydrogen) atoms. The fraction of sp³-hybridized carbons (Fsp3) is 0.333. The Labute approximate surface area is 75.0 Å². The van der Waals surface area contributed by atoms with Crippen molar-refractivity contribution in [2.24, 2.45) is 0 Å². The van der Waals surface area contributed by atoms with Gasteiger partial charge in [-0.15, -0.1) is 0 Å². The largest absolute Gasteiger partial charge is 0.0952 e. The minimum absolute atomic E-state index is 1.11. The fourth-order valence-corrected chi connectivity index (χ4v) is 1.46. The average molecular weight is 160 g/mol. The second-order valence-electron chi connectivity index (χ2n) is 3.14. The summed E-state index contributed by atoms with van der Waals surface area (Å²) in [6.07, 6.45) is 10.9. The van der Waals surface area contributed by atoms with Gasteiger partial charge in [0.05, 0.1) is 0 Å². The highest BCUT2D eigenvalue weighted by molar-refractivity contribution is 5.46. The van der Waals surface area contributed by atoms with Gasteiger partial charge in [-0.05, 0) is 43.4 Å². The molecule has 0 bridgehead atoms. The first-order valence-corrected chi connectivity index (χ1v) is 4.44. The summed E-state index contributed by atoms with van der Waals surface area (Å²) in [4.78, 5) is 0. The smallest absolute Gasteiger partial charge is 0.0204 e. The lowest BCUT2D eigenvalue weighted by Crippen LogP contribution is -1.93. The second-order valence-corrected chi connectivity index (χ2v) is 3.14. The molecule has 0 atom stereocenters. The maximum Gasteiger partial charge on any atom is -0.0204 e. The van der Waals surface area contributed by atoms with E-state index in [1.807, 2.05) is 6.92 Å². The van der Waals surface area contributed by atoms with E-state index in [0.29, 0.717) is 0 Å². The Morgan fingerprint density at radius 2 is 2.33 bits per heavy atom. The molecule has 0 radical (unpaired) electrons. The predicted molar refractivity (Wildman–Crippen MR) is 55.0 cm³/mol. The molecular formula is C12H16. The van der Waals surface area contributed by atoms with Crippen molar-refractivity contribution in [1.82, 2.24) is 0 Å². The van der Waals surface area contributed by atoms with Crippen LogP contribution in [0.1, 0.15) is 26.7 Å². The molecule has 1 rings (SSSR count). The quantitative estimate of drug-likeness (QED) is 0.547. The molecule has 0 spiro atoms. The van der Waals surface area contributed by atoms with Crippen LogP contribution < -0.4 is 0 Å². The van der Waals surface area contributed by atoms with Crippen molar-refractivity contribution in [3.63, 3.8) is 0 Å². The van der Waals surface area contributed by atoms with Gasteiger partial charge in [-0.3, -0.25) is 0 Å². The molecule has 64 valence electrons. The Morgan fingerprint density at radius 1 is 1.58 bits per heavy atom. The van der Waals surface area contributed by atoms with Crippen molar-refractivity contribution in [2.75, 3.05) is 0 Å². The lowest BCUT2D eigenvalue weighted by Gasteiger charge is -2.12. The van der Waals surface area contributed by atoms with Gasteiger partial charge in [-0.2, -0.15) is 0 Å². The maximum atomic E-state index is 4.06. The van der Waals surface area contributed by atoms with Crippen LogP contribution >= 0.6 is 0 Å². The highest BCUT2D eigenvalue weighted by Gasteiger charge is 2.05. The van der Waals surface area contributed by atoms with Crippen LogP contribution in [0.2, 0.25) is 0 Å². The van der Waals surface area contributed by atoms with E-state index in [0.717, 1.165) is 12.8 Å². The van der Waals surface area contributed by atoms with Gasteiger partial charge in [0, 0.05) is 0 Å². The molecule has 0 aromatic carbocycles. The third-order valence-electron chi connectivity index (χ3n) is 2.12. The lowest BCUT2D eigenvalue weighted by atomic mass is 9.93. The first kappa shape index (κ1) is 9.05. The van der Waals surface area contributed by atoms with Crippen LogP contribution in [-0.4, -0.2) is 0 Å². The normalized spacial score (nSPS) is 22.0. The number of hydrogen-bond donors (Lipinski definition) is 0. The first-order chi connectivity index (χ1) is 5.75. The molecule has 0 aliphatic heterocycles. The zero-order valence-electron chi connectivity index (χ0n) is 7.93. The van der Waals surface area contributed by atoms with Crippen LogP contribution in [0.3, 0.4) is 0 Å². The molecule has 0 N–H and O–H groups in total. The maximum absolute atomic E-state index is 4.06. The van der Waals surface area contributed by atoms with E-state index in [2.05, 4.69) is 37.8 Å². The summed E-state index contributed by atoms with van der Waals surface area (Å²) in [5, 5.41) is 0. The van der Waals surface area contributed by atoms with E-state index >= 15 is 0 Å². The average Bonchev–Trinajstić information content (AvgIpc) is 2.05. The number of rotatable bonds is 1. The highest BCUT2D eigenvalue weighted by atomic mass is 14.1. The molecule has 0 aromatic rings. The standard InChI is InChI=1S/C12H16/c1-4-7-10(2)12-9-6-5-8-11(12)3/h4,6-7,9H,3,5,8H2,1-2H3/b7-4-,12-10-. The van der Waals surface area contributed by atoms with E-state index in [9.17, 15) is 0 Å². The van der Waals surface area contributed by atoms with Gasteiger partial charge in [0.25, 0.3) is 0 Å². The van der Waals surface area contributed by atoms with E-state index in [-0.39, 0.29) is 0 Å². The van der Waals surface area contributed by atoms with E-state index < -0.39 is 0 Å². The zero-order valence-corrected chi connectivity index (χ0v) is 7.93. The number of allylic oxidation sites excluding steroid dienone is 7. The molecule has 1 aliphatic carbocycles. The first-order valence-electron chi connectivity index (χ1n) is 4.44. The van der Waals surface area contributed by atoms with E-state index in [1.165, 1.54) is 16.7 Å². The Bertz CT molecular complexity index is 262. The lowest BCUT2D eigenvalue weighted by molar-refractivity contribution is 0.967. The zero-order chi connectivity index (χ0) is 8.97. The highest BCUT2D eigenvalue weighted by Crippen LogP contribution is 2.24. The van der Waals surface area contributed by atoms with Crippen LogP contribution in [0.4, 0.5) is 0 Å². The van der Waals surface area contributed by atoms with Crippen molar-refractivity contribution in [1.29, 1.82) is 0 Å². The van der Waals surface area contributed by atoms with Crippen LogP contribution in [-0.2, 0) is 0 Å². The van der Waals surface area contributed by atoms with Gasteiger partial charge >= 0.3 is 0 Å². The Hall–Kier alpha value is -1.04. The Morgan fingerprint density at radius 3 is 2.92 bits per heavy atom.